The van der Waals surface area contributed by atoms with Crippen molar-refractivity contribution in [3.63, 3.8) is 0 Å². The van der Waals surface area contributed by atoms with Gasteiger partial charge in [-0.05, 0) is 102 Å². The standard InChI is InChI=1S/C65H109N21O16S/c1-32(2)48(85-61(98)49(33(3)4)83-58(95)44(28-47(69)88)79-53(90)36(8)75-52(89)35(7)76-57(94)43(26-38-18-11-10-12-19-38)80-54(91)40(68)20-13-15-23-66)60(97)78-42(22-17-25-73-65(70)71)55(92)77-41(21-14-16-24-67)56(93)82-46(30-103)59(96)84-50(34(5)6)62(99)86-51(37(9)87)63(100)81-45(64(101)102)27-39-29-72-31-74-39/h10-12,18-19,29,31-37,40-46,48-51,87,103H,13-17,20-28,30,66-68H2,1-9H3,(H2,69,88)(H,72,74)(H,75,89)(H,76,94)(H,77,92)(H,78,97)(H,79,90)(H,80,91)(H,81,100)(H,82,93)(H,83,95)(H,84,96)(H,85,98)(H,86,99)(H,101,102)(H4,70,71,73)/t35-,36-,37+,40-,41-,42-,43-,44-,45-,46-,48-,49-,50-,51-/m0/s1. The SMILES string of the molecule is CC(C)[C@H](NC(=O)[C@H](CC(N)=O)NC(=O)[C@H](C)NC(=O)[C@H](C)NC(=O)[C@H](Cc1ccccc1)NC(=O)[C@@H](N)CCCCN)C(=O)N[C@H](C(=O)N[C@@H](CCCNC(=N)N)C(=O)N[C@@H](CCCCN)C(=O)N[C@@H](CS)C(=O)N[C@H](C(=O)N[C@H](C(=O)N[C@@H](Cc1c[nH]cn1)C(=O)O)[C@@H](C)O)C(C)C)C(C)C. The number of carboxylic acids is 1. The topological polar surface area (TPSA) is 618 Å². The van der Waals surface area contributed by atoms with E-state index in [4.69, 9.17) is 34.1 Å². The largest absolute Gasteiger partial charge is 0.480 e. The van der Waals surface area contributed by atoms with Crippen molar-refractivity contribution in [2.75, 3.05) is 25.4 Å². The zero-order chi connectivity index (χ0) is 77.8. The average molecular weight is 1470 g/mol. The van der Waals surface area contributed by atoms with Crippen LogP contribution in [0.5, 0.6) is 0 Å². The van der Waals surface area contributed by atoms with E-state index in [1.165, 1.54) is 33.3 Å². The minimum atomic E-state index is -1.74. The highest BCUT2D eigenvalue weighted by Crippen LogP contribution is 2.14. The van der Waals surface area contributed by atoms with Crippen LogP contribution in [0.25, 0.3) is 0 Å². The maximum Gasteiger partial charge on any atom is 0.326 e. The summed E-state index contributed by atoms with van der Waals surface area (Å²) >= 11 is 4.28. The Morgan fingerprint density at radius 1 is 0.485 bits per heavy atom. The molecule has 2 rings (SSSR count). The highest BCUT2D eigenvalue weighted by Gasteiger charge is 2.39. The molecule has 0 saturated carbocycles. The van der Waals surface area contributed by atoms with E-state index in [1.807, 2.05) is 0 Å². The van der Waals surface area contributed by atoms with Gasteiger partial charge >= 0.3 is 5.97 Å². The lowest BCUT2D eigenvalue weighted by atomic mass is 9.98. The lowest BCUT2D eigenvalue weighted by Crippen LogP contribution is -2.62. The molecule has 1 heterocycles. The number of aliphatic hydroxyl groups excluding tert-OH is 1. The van der Waals surface area contributed by atoms with Gasteiger partial charge in [0.05, 0.1) is 30.6 Å². The van der Waals surface area contributed by atoms with Gasteiger partial charge in [0.25, 0.3) is 0 Å². The number of amides is 13. The van der Waals surface area contributed by atoms with Gasteiger partial charge in [-0.2, -0.15) is 12.6 Å². The van der Waals surface area contributed by atoms with Crippen molar-refractivity contribution in [2.45, 2.75) is 218 Å². The van der Waals surface area contributed by atoms with Crippen LogP contribution in [0.3, 0.4) is 0 Å². The van der Waals surface area contributed by atoms with Gasteiger partial charge in [-0.25, -0.2) is 9.78 Å². The first-order valence-corrected chi connectivity index (χ1v) is 34.8. The second-order valence-corrected chi connectivity index (χ2v) is 26.4. The van der Waals surface area contributed by atoms with Crippen LogP contribution in [-0.2, 0) is 80.0 Å². The maximum absolute atomic E-state index is 14.5. The van der Waals surface area contributed by atoms with E-state index in [0.717, 1.165) is 0 Å². The summed E-state index contributed by atoms with van der Waals surface area (Å²) in [6.07, 6.45) is 2.17. The van der Waals surface area contributed by atoms with Gasteiger partial charge in [0.1, 0.15) is 72.5 Å². The van der Waals surface area contributed by atoms with Crippen LogP contribution in [0.15, 0.2) is 42.9 Å². The highest BCUT2D eigenvalue weighted by molar-refractivity contribution is 7.80. The predicted octanol–water partition coefficient (Wildman–Crippen LogP) is -5.86. The number of carboxylic acid groups (broad SMARTS) is 1. The summed E-state index contributed by atoms with van der Waals surface area (Å²) in [7, 11) is 0. The first-order valence-electron chi connectivity index (χ1n) is 34.2. The van der Waals surface area contributed by atoms with Crippen LogP contribution >= 0.6 is 12.6 Å². The van der Waals surface area contributed by atoms with Crippen molar-refractivity contribution in [1.29, 1.82) is 5.41 Å². The molecule has 0 bridgehead atoms. The molecule has 1 aromatic heterocycles. The first-order chi connectivity index (χ1) is 48.5. The van der Waals surface area contributed by atoms with Crippen molar-refractivity contribution in [1.82, 2.24) is 79.1 Å². The smallest absolute Gasteiger partial charge is 0.326 e. The molecule has 0 aliphatic heterocycles. The number of benzene rings is 1. The normalized spacial score (nSPS) is 15.3. The molecule has 27 N–H and O–H groups in total. The third-order valence-electron chi connectivity index (χ3n) is 16.2. The molecule has 0 aliphatic rings. The summed E-state index contributed by atoms with van der Waals surface area (Å²) in [5.41, 5.74) is 29.4. The van der Waals surface area contributed by atoms with Crippen molar-refractivity contribution in [3.05, 3.63) is 54.1 Å². The van der Waals surface area contributed by atoms with Crippen molar-refractivity contribution < 1.29 is 77.3 Å². The summed E-state index contributed by atoms with van der Waals surface area (Å²) in [6, 6.07) is -9.76. The van der Waals surface area contributed by atoms with Crippen LogP contribution in [0.4, 0.5) is 0 Å². The van der Waals surface area contributed by atoms with Crippen LogP contribution in [0.1, 0.15) is 131 Å². The maximum atomic E-state index is 14.5. The molecule has 103 heavy (non-hydrogen) atoms. The number of aliphatic carboxylic acids is 1. The Morgan fingerprint density at radius 2 is 0.893 bits per heavy atom. The number of thiol groups is 1. The van der Waals surface area contributed by atoms with Crippen LogP contribution < -0.4 is 97.8 Å². The molecule has 0 saturated heterocycles. The van der Waals surface area contributed by atoms with Gasteiger partial charge in [-0.1, -0.05) is 78.3 Å². The van der Waals surface area contributed by atoms with Crippen molar-refractivity contribution in [3.8, 4) is 0 Å². The van der Waals surface area contributed by atoms with E-state index in [0.29, 0.717) is 43.5 Å². The number of carbonyl (C=O) groups excluding carboxylic acids is 13. The minimum absolute atomic E-state index is 0.0326. The number of hydrogen-bond acceptors (Lipinski definition) is 21. The Balaban J connectivity index is 2.33. The zero-order valence-corrected chi connectivity index (χ0v) is 60.7. The van der Waals surface area contributed by atoms with Crippen molar-refractivity contribution >= 4 is 101 Å². The van der Waals surface area contributed by atoms with Crippen LogP contribution in [0.2, 0.25) is 0 Å². The molecule has 13 amide bonds. The van der Waals surface area contributed by atoms with Crippen molar-refractivity contribution in [2.24, 2.45) is 46.4 Å². The molecular weight excluding hydrogens is 1360 g/mol. The summed E-state index contributed by atoms with van der Waals surface area (Å²) in [5.74, 6) is -16.3. The zero-order valence-electron chi connectivity index (χ0n) is 59.9. The number of nitrogens with one attached hydrogen (secondary N) is 15. The fourth-order valence-electron chi connectivity index (χ4n) is 10.1. The monoisotopic (exact) mass is 1470 g/mol. The molecule has 38 heteroatoms. The molecule has 0 aliphatic carbocycles. The molecule has 0 radical (unpaired) electrons. The van der Waals surface area contributed by atoms with Gasteiger partial charge < -0.3 is 113 Å². The Kier molecular flexibility index (Phi) is 40.1. The minimum Gasteiger partial charge on any atom is -0.480 e. The number of primary amides is 1. The molecule has 2 aromatic rings. The Labute approximate surface area is 604 Å². The summed E-state index contributed by atoms with van der Waals surface area (Å²) in [5, 5.41) is 60.7. The van der Waals surface area contributed by atoms with E-state index in [9.17, 15) is 77.3 Å². The van der Waals surface area contributed by atoms with E-state index in [1.54, 1.807) is 71.9 Å². The quantitative estimate of drug-likeness (QED) is 0.0127. The summed E-state index contributed by atoms with van der Waals surface area (Å²) < 4.78 is 0. The molecule has 14 atom stereocenters. The number of rotatable bonds is 48. The fourth-order valence-corrected chi connectivity index (χ4v) is 10.4. The van der Waals surface area contributed by atoms with Gasteiger partial charge in [0, 0.05) is 31.3 Å². The lowest BCUT2D eigenvalue weighted by molar-refractivity contribution is -0.143. The van der Waals surface area contributed by atoms with Crippen LogP contribution in [-0.4, -0.2) is 219 Å². The third-order valence-corrected chi connectivity index (χ3v) is 16.5. The number of aromatic nitrogens is 2. The summed E-state index contributed by atoms with van der Waals surface area (Å²) in [6.45, 7) is 13.7. The fraction of sp³-hybridized carbons (Fsp3) is 0.631. The average Bonchev–Trinajstić information content (AvgIpc) is 0.917. The molecule has 576 valence electrons. The Hall–Kier alpha value is -9.53. The Bertz CT molecular complexity index is 3150. The van der Waals surface area contributed by atoms with Gasteiger partial charge in [-0.3, -0.25) is 67.7 Å². The van der Waals surface area contributed by atoms with E-state index >= 15 is 0 Å². The molecule has 0 fully saturated rings. The number of guanidine groups is 1. The number of H-pyrrole nitrogens is 1. The number of nitrogens with zero attached hydrogens (tertiary/aromatic N) is 1. The second-order valence-electron chi connectivity index (χ2n) is 26.0. The summed E-state index contributed by atoms with van der Waals surface area (Å²) in [4.78, 5) is 198. The molecule has 0 spiro atoms. The van der Waals surface area contributed by atoms with Crippen LogP contribution in [0, 0.1) is 23.2 Å². The number of imidazole rings is 1. The number of carbonyl (C=O) groups is 14. The molecule has 0 unspecified atom stereocenters. The second kappa shape index (κ2) is 46.2. The number of aromatic amines is 1. The number of aliphatic hydroxyl groups is 1. The first kappa shape index (κ1) is 89.6. The predicted molar refractivity (Wildman–Crippen MR) is 381 cm³/mol. The molecular formula is C65H109N21O16S. The number of hydrogen-bond donors (Lipinski definition) is 23. The third kappa shape index (κ3) is 32.6. The van der Waals surface area contributed by atoms with E-state index < -0.39 is 198 Å². The molecule has 37 nitrogen and oxygen atoms in total. The highest BCUT2D eigenvalue weighted by atomic mass is 32.1. The van der Waals surface area contributed by atoms with Gasteiger partial charge in [-0.15, -0.1) is 0 Å². The van der Waals surface area contributed by atoms with Gasteiger partial charge in [0.15, 0.2) is 5.96 Å². The number of unbranched alkanes of at least 4 members (excludes halogenated alkanes) is 2. The van der Waals surface area contributed by atoms with E-state index in [-0.39, 0.29) is 57.4 Å². The number of nitrogens with two attached hydrogens (primary N) is 5. The van der Waals surface area contributed by atoms with E-state index in [2.05, 4.69) is 91.7 Å². The Morgan fingerprint density at radius 3 is 1.37 bits per heavy atom. The molecule has 1 aromatic carbocycles. The lowest BCUT2D eigenvalue weighted by Gasteiger charge is -2.30. The van der Waals surface area contributed by atoms with Gasteiger partial charge in [0.2, 0.25) is 76.8 Å².